The molecule has 0 amide bonds. The zero-order chi connectivity index (χ0) is 14.3. The van der Waals surface area contributed by atoms with Crippen molar-refractivity contribution in [3.05, 3.63) is 34.4 Å². The third kappa shape index (κ3) is 5.91. The van der Waals surface area contributed by atoms with Crippen molar-refractivity contribution in [2.45, 2.75) is 19.8 Å². The van der Waals surface area contributed by atoms with Crippen molar-refractivity contribution in [3.8, 4) is 0 Å². The molecule has 0 aromatic heterocycles. The number of nitro benzene ring substituents is 1. The van der Waals surface area contributed by atoms with Crippen LogP contribution in [0.15, 0.2) is 24.3 Å². The molecule has 0 heterocycles. The Kier molecular flexibility index (Phi) is 5.87. The molecule has 19 heavy (non-hydrogen) atoms. The molecule has 0 aliphatic heterocycles. The van der Waals surface area contributed by atoms with Crippen LogP contribution in [0.1, 0.15) is 19.8 Å². The number of carbonyl (C=O) groups is 1. The van der Waals surface area contributed by atoms with Gasteiger partial charge in [-0.3, -0.25) is 10.1 Å². The number of hydrogen-bond acceptors (Lipinski definition) is 4. The van der Waals surface area contributed by atoms with Crippen molar-refractivity contribution in [3.63, 3.8) is 0 Å². The Morgan fingerprint density at radius 1 is 1.37 bits per heavy atom. The fourth-order valence-electron chi connectivity index (χ4n) is 1.38. The van der Waals surface area contributed by atoms with E-state index >= 15 is 0 Å². The number of thiocarbonyl (C=S) groups is 1. The standard InChI is InChI=1S/C12H15N3O3S/c1-9(16)3-2-8-13-12(19)14-10-4-6-11(7-5-10)15(17)18/h4-7H,2-3,8H2,1H3,(H2,13,14,19). The average Bonchev–Trinajstić information content (AvgIpc) is 2.35. The van der Waals surface area contributed by atoms with Gasteiger partial charge in [0.2, 0.25) is 0 Å². The molecule has 0 bridgehead atoms. The predicted octanol–water partition coefficient (Wildman–Crippen LogP) is 2.25. The predicted molar refractivity (Wildman–Crippen MR) is 77.2 cm³/mol. The van der Waals surface area contributed by atoms with Crippen molar-refractivity contribution in [1.82, 2.24) is 5.32 Å². The minimum atomic E-state index is -0.456. The molecule has 1 rings (SSSR count). The number of benzene rings is 1. The van der Waals surface area contributed by atoms with E-state index in [0.717, 1.165) is 6.42 Å². The molecule has 7 heteroatoms. The SMILES string of the molecule is CC(=O)CCCNC(=S)Nc1ccc([N+](=O)[O-])cc1. The summed E-state index contributed by atoms with van der Waals surface area (Å²) >= 11 is 5.06. The number of non-ortho nitro benzene ring substituents is 1. The largest absolute Gasteiger partial charge is 0.362 e. The maximum Gasteiger partial charge on any atom is 0.269 e. The fraction of sp³-hybridized carbons (Fsp3) is 0.333. The monoisotopic (exact) mass is 281 g/mol. The van der Waals surface area contributed by atoms with Gasteiger partial charge in [-0.25, -0.2) is 0 Å². The van der Waals surface area contributed by atoms with Crippen LogP contribution in [0.5, 0.6) is 0 Å². The summed E-state index contributed by atoms with van der Waals surface area (Å²) in [6.45, 7) is 2.16. The van der Waals surface area contributed by atoms with E-state index in [2.05, 4.69) is 10.6 Å². The maximum atomic E-state index is 10.7. The molecule has 1 aromatic rings. The summed E-state index contributed by atoms with van der Waals surface area (Å²) in [5.41, 5.74) is 0.709. The molecule has 0 saturated carbocycles. The minimum Gasteiger partial charge on any atom is -0.362 e. The number of anilines is 1. The first-order valence-electron chi connectivity index (χ1n) is 5.78. The average molecular weight is 281 g/mol. The van der Waals surface area contributed by atoms with Crippen LogP contribution in [-0.4, -0.2) is 22.4 Å². The molecule has 0 aliphatic rings. The Balaban J connectivity index is 2.35. The number of hydrogen-bond donors (Lipinski definition) is 2. The number of ketones is 1. The smallest absolute Gasteiger partial charge is 0.269 e. The van der Waals surface area contributed by atoms with Gasteiger partial charge in [0.05, 0.1) is 4.92 Å². The Morgan fingerprint density at radius 3 is 2.53 bits per heavy atom. The quantitative estimate of drug-likeness (QED) is 0.360. The molecule has 0 aliphatic carbocycles. The lowest BCUT2D eigenvalue weighted by Crippen LogP contribution is -2.29. The van der Waals surface area contributed by atoms with Gasteiger partial charge in [-0.2, -0.15) is 0 Å². The van der Waals surface area contributed by atoms with Crippen molar-refractivity contribution in [1.29, 1.82) is 0 Å². The highest BCUT2D eigenvalue weighted by Gasteiger charge is 2.04. The summed E-state index contributed by atoms with van der Waals surface area (Å²) in [5.74, 6) is 0.149. The highest BCUT2D eigenvalue weighted by molar-refractivity contribution is 7.80. The van der Waals surface area contributed by atoms with Gasteiger partial charge in [0, 0.05) is 30.8 Å². The Morgan fingerprint density at radius 2 is 2.00 bits per heavy atom. The number of rotatable bonds is 6. The lowest BCUT2D eigenvalue weighted by Gasteiger charge is -2.09. The summed E-state index contributed by atoms with van der Waals surface area (Å²) in [5, 5.41) is 16.8. The molecular weight excluding hydrogens is 266 g/mol. The van der Waals surface area contributed by atoms with Gasteiger partial charge < -0.3 is 15.4 Å². The van der Waals surface area contributed by atoms with Crippen LogP contribution in [0.25, 0.3) is 0 Å². The van der Waals surface area contributed by atoms with E-state index in [-0.39, 0.29) is 11.5 Å². The lowest BCUT2D eigenvalue weighted by atomic mass is 10.2. The molecule has 1 aromatic carbocycles. The number of Topliss-reactive ketones (excluding diaryl/α,β-unsaturated/α-hetero) is 1. The van der Waals surface area contributed by atoms with Crippen molar-refractivity contribution < 1.29 is 9.72 Å². The molecule has 2 N–H and O–H groups in total. The van der Waals surface area contributed by atoms with Gasteiger partial charge in [-0.1, -0.05) is 0 Å². The summed E-state index contributed by atoms with van der Waals surface area (Å²) in [6, 6.07) is 5.98. The molecule has 102 valence electrons. The van der Waals surface area contributed by atoms with Gasteiger partial charge in [0.15, 0.2) is 5.11 Å². The minimum absolute atomic E-state index is 0.0332. The van der Waals surface area contributed by atoms with Gasteiger partial charge >= 0.3 is 0 Å². The first-order chi connectivity index (χ1) is 8.99. The van der Waals surface area contributed by atoms with E-state index in [4.69, 9.17) is 12.2 Å². The van der Waals surface area contributed by atoms with Crippen LogP contribution in [0.2, 0.25) is 0 Å². The molecule has 6 nitrogen and oxygen atoms in total. The molecule has 0 radical (unpaired) electrons. The molecular formula is C12H15N3O3S. The maximum absolute atomic E-state index is 10.7. The summed E-state index contributed by atoms with van der Waals surface area (Å²) in [6.07, 6.45) is 1.24. The van der Waals surface area contributed by atoms with Crippen LogP contribution >= 0.6 is 12.2 Å². The lowest BCUT2D eigenvalue weighted by molar-refractivity contribution is -0.384. The zero-order valence-corrected chi connectivity index (χ0v) is 11.3. The van der Waals surface area contributed by atoms with E-state index < -0.39 is 4.92 Å². The van der Waals surface area contributed by atoms with Crippen LogP contribution in [0.4, 0.5) is 11.4 Å². The first-order valence-corrected chi connectivity index (χ1v) is 6.18. The summed E-state index contributed by atoms with van der Waals surface area (Å²) < 4.78 is 0. The third-order valence-electron chi connectivity index (χ3n) is 2.33. The fourth-order valence-corrected chi connectivity index (χ4v) is 1.60. The van der Waals surface area contributed by atoms with Gasteiger partial charge in [0.1, 0.15) is 5.78 Å². The number of nitrogens with zero attached hydrogens (tertiary/aromatic N) is 1. The molecule has 0 fully saturated rings. The molecule has 0 unspecified atom stereocenters. The van der Waals surface area contributed by atoms with E-state index in [1.807, 2.05) is 0 Å². The Hall–Kier alpha value is -2.02. The van der Waals surface area contributed by atoms with Crippen molar-refractivity contribution >= 4 is 34.5 Å². The number of nitrogens with one attached hydrogen (secondary N) is 2. The zero-order valence-electron chi connectivity index (χ0n) is 10.5. The van der Waals surface area contributed by atoms with E-state index in [0.29, 0.717) is 23.8 Å². The van der Waals surface area contributed by atoms with E-state index in [9.17, 15) is 14.9 Å². The highest BCUT2D eigenvalue weighted by atomic mass is 32.1. The first kappa shape index (κ1) is 15.0. The molecule has 0 atom stereocenters. The van der Waals surface area contributed by atoms with Crippen LogP contribution in [0, 0.1) is 10.1 Å². The van der Waals surface area contributed by atoms with Crippen molar-refractivity contribution in [2.24, 2.45) is 0 Å². The summed E-state index contributed by atoms with van der Waals surface area (Å²) in [7, 11) is 0. The highest BCUT2D eigenvalue weighted by Crippen LogP contribution is 2.15. The third-order valence-corrected chi connectivity index (χ3v) is 2.57. The second kappa shape index (κ2) is 7.42. The second-order valence-electron chi connectivity index (χ2n) is 3.99. The normalized spacial score (nSPS) is 9.74. The molecule has 0 spiro atoms. The van der Waals surface area contributed by atoms with E-state index in [1.54, 1.807) is 19.1 Å². The topological polar surface area (TPSA) is 84.3 Å². The molecule has 0 saturated heterocycles. The van der Waals surface area contributed by atoms with Crippen LogP contribution < -0.4 is 10.6 Å². The van der Waals surface area contributed by atoms with Crippen molar-refractivity contribution in [2.75, 3.05) is 11.9 Å². The van der Waals surface area contributed by atoms with E-state index in [1.165, 1.54) is 12.1 Å². The number of nitro groups is 1. The van der Waals surface area contributed by atoms with Crippen LogP contribution in [-0.2, 0) is 4.79 Å². The Bertz CT molecular complexity index is 474. The van der Waals surface area contributed by atoms with Gasteiger partial charge in [-0.15, -0.1) is 0 Å². The van der Waals surface area contributed by atoms with Gasteiger partial charge in [-0.05, 0) is 37.7 Å². The summed E-state index contributed by atoms with van der Waals surface area (Å²) in [4.78, 5) is 20.8. The van der Waals surface area contributed by atoms with Gasteiger partial charge in [0.25, 0.3) is 5.69 Å². The Labute approximate surface area is 116 Å². The second-order valence-corrected chi connectivity index (χ2v) is 4.40. The van der Waals surface area contributed by atoms with Crippen LogP contribution in [0.3, 0.4) is 0 Å². The number of carbonyl (C=O) groups excluding carboxylic acids is 1.